The molecule has 0 spiro atoms. The van der Waals surface area contributed by atoms with Crippen molar-refractivity contribution >= 4 is 10.1 Å². The minimum Gasteiger partial charge on any atom is -0.748 e. The molecule has 0 aromatic heterocycles. The Hall–Kier alpha value is 1.51. The molecule has 0 heterocycles. The molecule has 0 aliphatic rings. The van der Waals surface area contributed by atoms with Crippen LogP contribution in [0, 0.1) is 0 Å². The van der Waals surface area contributed by atoms with Gasteiger partial charge in [-0.05, 0) is 26.2 Å². The first-order chi connectivity index (χ1) is 9.38. The zero-order valence-corrected chi connectivity index (χ0v) is 18.0. The predicted octanol–water partition coefficient (Wildman–Crippen LogP) is 0.596. The fourth-order valence-corrected chi connectivity index (χ4v) is 2.72. The van der Waals surface area contributed by atoms with Crippen LogP contribution < -0.4 is 51.4 Å². The van der Waals surface area contributed by atoms with Gasteiger partial charge in [-0.3, -0.25) is 0 Å². The monoisotopic (exact) mass is 346 g/mol. The summed E-state index contributed by atoms with van der Waals surface area (Å²) in [5.41, 5.74) is 0. The Morgan fingerprint density at radius 3 is 1.81 bits per heavy atom. The minimum atomic E-state index is -4.11. The van der Waals surface area contributed by atoms with Crippen molar-refractivity contribution in [2.24, 2.45) is 0 Å². The van der Waals surface area contributed by atoms with Gasteiger partial charge in [0, 0.05) is 5.25 Å². The molecule has 0 aliphatic heterocycles. The first-order valence-corrected chi connectivity index (χ1v) is 9.47. The number of aliphatic hydroxyl groups is 1. The normalized spacial score (nSPS) is 14.5. The summed E-state index contributed by atoms with van der Waals surface area (Å²) >= 11 is 0. The first-order valence-electron chi connectivity index (χ1n) is 8.00. The van der Waals surface area contributed by atoms with Crippen LogP contribution in [0.25, 0.3) is 0 Å². The van der Waals surface area contributed by atoms with E-state index in [0.29, 0.717) is 6.42 Å². The van der Waals surface area contributed by atoms with Crippen molar-refractivity contribution in [2.75, 3.05) is 0 Å². The van der Waals surface area contributed by atoms with Crippen molar-refractivity contribution in [3.63, 3.8) is 0 Å². The molecule has 0 amide bonds. The third kappa shape index (κ3) is 16.2. The van der Waals surface area contributed by atoms with Gasteiger partial charge in [-0.2, -0.15) is 0 Å². The van der Waals surface area contributed by atoms with Crippen LogP contribution in [0.4, 0.5) is 0 Å². The van der Waals surface area contributed by atoms with E-state index in [4.69, 9.17) is 0 Å². The Kier molecular flexibility index (Phi) is 17.8. The summed E-state index contributed by atoms with van der Waals surface area (Å²) in [5.74, 6) is 0. The molecule has 0 rings (SSSR count). The van der Waals surface area contributed by atoms with E-state index in [1.807, 2.05) is 0 Å². The minimum absolute atomic E-state index is 0. The Balaban J connectivity index is 0. The van der Waals surface area contributed by atoms with Gasteiger partial charge in [-0.25, -0.2) is 8.42 Å². The smallest absolute Gasteiger partial charge is 0.748 e. The maximum atomic E-state index is 10.7. The second kappa shape index (κ2) is 15.1. The molecule has 1 N–H and O–H groups in total. The Morgan fingerprint density at radius 1 is 0.905 bits per heavy atom. The third-order valence-corrected chi connectivity index (χ3v) is 5.00. The van der Waals surface area contributed by atoms with Crippen molar-refractivity contribution < 1.29 is 69.5 Å². The van der Waals surface area contributed by atoms with Crippen LogP contribution in [0.1, 0.15) is 84.5 Å². The Morgan fingerprint density at radius 2 is 1.33 bits per heavy atom. The largest absolute Gasteiger partial charge is 1.00 e. The van der Waals surface area contributed by atoms with Gasteiger partial charge in [0.2, 0.25) is 0 Å². The maximum absolute atomic E-state index is 10.7. The number of unbranched alkanes of at least 4 members (excludes halogenated alkanes) is 6. The average Bonchev–Trinajstić information content (AvgIpc) is 2.36. The maximum Gasteiger partial charge on any atom is 1.00 e. The summed E-state index contributed by atoms with van der Waals surface area (Å²) in [4.78, 5) is 0. The molecule has 0 aromatic carbocycles. The standard InChI is InChI=1S/C15H32O4S.K/c1-3-4-8-12-15(16)13-10-7-5-6-9-11-14(2)20(17,18)19;/h14-16H,3-13H2,1-2H3,(H,17,18,19);/q;+1/p-1. The molecule has 0 aliphatic carbocycles. The topological polar surface area (TPSA) is 77.4 Å². The molecule has 21 heavy (non-hydrogen) atoms. The van der Waals surface area contributed by atoms with Gasteiger partial charge in [0.1, 0.15) is 0 Å². The van der Waals surface area contributed by atoms with Crippen LogP contribution in [0.5, 0.6) is 0 Å². The Bertz CT molecular complexity index is 320. The number of hydrogen-bond donors (Lipinski definition) is 1. The summed E-state index contributed by atoms with van der Waals surface area (Å²) in [6.45, 7) is 3.64. The molecule has 0 fully saturated rings. The number of rotatable bonds is 13. The van der Waals surface area contributed by atoms with E-state index < -0.39 is 15.4 Å². The predicted molar refractivity (Wildman–Crippen MR) is 81.6 cm³/mol. The second-order valence-corrected chi connectivity index (χ2v) is 7.59. The van der Waals surface area contributed by atoms with E-state index in [1.54, 1.807) is 0 Å². The quantitative estimate of drug-likeness (QED) is 0.301. The van der Waals surface area contributed by atoms with E-state index >= 15 is 0 Å². The van der Waals surface area contributed by atoms with Crippen LogP contribution in [0.2, 0.25) is 0 Å². The molecule has 6 heteroatoms. The Labute approximate surface area is 173 Å². The zero-order valence-electron chi connectivity index (χ0n) is 14.0. The van der Waals surface area contributed by atoms with Crippen LogP contribution >= 0.6 is 0 Å². The van der Waals surface area contributed by atoms with Crippen LogP contribution in [-0.4, -0.2) is 29.4 Å². The third-order valence-electron chi connectivity index (χ3n) is 3.78. The van der Waals surface area contributed by atoms with Gasteiger partial charge in [0.15, 0.2) is 0 Å². The van der Waals surface area contributed by atoms with E-state index in [2.05, 4.69) is 6.92 Å². The molecule has 0 saturated carbocycles. The molecular formula is C15H31KO4S. The van der Waals surface area contributed by atoms with Crippen LogP contribution in [0.15, 0.2) is 0 Å². The molecule has 4 nitrogen and oxygen atoms in total. The van der Waals surface area contributed by atoms with Gasteiger partial charge in [-0.1, -0.05) is 58.3 Å². The van der Waals surface area contributed by atoms with Crippen molar-refractivity contribution in [3.8, 4) is 0 Å². The molecular weight excluding hydrogens is 315 g/mol. The van der Waals surface area contributed by atoms with Crippen molar-refractivity contribution in [1.82, 2.24) is 0 Å². The van der Waals surface area contributed by atoms with Crippen LogP contribution in [0.3, 0.4) is 0 Å². The van der Waals surface area contributed by atoms with E-state index in [1.165, 1.54) is 19.8 Å². The summed E-state index contributed by atoms with van der Waals surface area (Å²) in [7, 11) is -4.11. The molecule has 0 aromatic rings. The van der Waals surface area contributed by atoms with E-state index in [9.17, 15) is 18.1 Å². The summed E-state index contributed by atoms with van der Waals surface area (Å²) < 4.78 is 32.1. The molecule has 0 bridgehead atoms. The average molecular weight is 347 g/mol. The van der Waals surface area contributed by atoms with E-state index in [0.717, 1.165) is 51.4 Å². The van der Waals surface area contributed by atoms with Gasteiger partial charge in [0.25, 0.3) is 0 Å². The van der Waals surface area contributed by atoms with Crippen molar-refractivity contribution in [2.45, 2.75) is 95.8 Å². The molecule has 2 unspecified atom stereocenters. The fraction of sp³-hybridized carbons (Fsp3) is 1.00. The summed E-state index contributed by atoms with van der Waals surface area (Å²) in [6, 6.07) is 0. The van der Waals surface area contributed by atoms with Gasteiger partial charge >= 0.3 is 51.4 Å². The van der Waals surface area contributed by atoms with Crippen molar-refractivity contribution in [3.05, 3.63) is 0 Å². The van der Waals surface area contributed by atoms with Gasteiger partial charge in [-0.15, -0.1) is 0 Å². The number of hydrogen-bond acceptors (Lipinski definition) is 4. The van der Waals surface area contributed by atoms with Gasteiger partial charge < -0.3 is 9.66 Å². The molecule has 0 saturated heterocycles. The zero-order chi connectivity index (χ0) is 15.4. The molecule has 0 radical (unpaired) electrons. The SMILES string of the molecule is CCCCCC(O)CCCCCCCC(C)S(=O)(=O)[O-].[K+]. The van der Waals surface area contributed by atoms with E-state index in [-0.39, 0.29) is 57.5 Å². The van der Waals surface area contributed by atoms with Gasteiger partial charge in [0.05, 0.1) is 16.2 Å². The number of aliphatic hydroxyl groups excluding tert-OH is 1. The summed E-state index contributed by atoms with van der Waals surface area (Å²) in [6.07, 6.45) is 10.5. The molecule has 2 atom stereocenters. The first kappa shape index (κ1) is 24.8. The van der Waals surface area contributed by atoms with Crippen LogP contribution in [-0.2, 0) is 10.1 Å². The summed E-state index contributed by atoms with van der Waals surface area (Å²) in [5, 5.41) is 8.98. The second-order valence-electron chi connectivity index (χ2n) is 5.80. The molecule has 122 valence electrons. The fourth-order valence-electron chi connectivity index (χ4n) is 2.26. The van der Waals surface area contributed by atoms with Crippen molar-refractivity contribution in [1.29, 1.82) is 0 Å².